The van der Waals surface area contributed by atoms with Crippen LogP contribution in [0.5, 0.6) is 5.75 Å². The lowest BCUT2D eigenvalue weighted by Gasteiger charge is -2.17. The van der Waals surface area contributed by atoms with Gasteiger partial charge in [-0.05, 0) is 37.1 Å². The van der Waals surface area contributed by atoms with E-state index in [0.29, 0.717) is 16.2 Å². The number of methoxy groups -OCH3 is 1. The Bertz CT molecular complexity index is 937. The van der Waals surface area contributed by atoms with Gasteiger partial charge >= 0.3 is 0 Å². The summed E-state index contributed by atoms with van der Waals surface area (Å²) >= 11 is 2.93. The van der Waals surface area contributed by atoms with Crippen molar-refractivity contribution < 1.29 is 9.53 Å². The maximum absolute atomic E-state index is 13.2. The summed E-state index contributed by atoms with van der Waals surface area (Å²) in [5.41, 5.74) is 1.53. The summed E-state index contributed by atoms with van der Waals surface area (Å²) in [5.74, 6) is 1.14. The van der Waals surface area contributed by atoms with E-state index in [4.69, 9.17) is 9.72 Å². The third-order valence-corrected chi connectivity index (χ3v) is 7.13. The van der Waals surface area contributed by atoms with E-state index in [0.717, 1.165) is 54.4 Å². The summed E-state index contributed by atoms with van der Waals surface area (Å²) in [4.78, 5) is 33.1. The van der Waals surface area contributed by atoms with Crippen molar-refractivity contribution >= 4 is 29.4 Å². The first-order valence-electron chi connectivity index (χ1n) is 9.44. The third-order valence-electron chi connectivity index (χ3n) is 5.00. The van der Waals surface area contributed by atoms with Crippen LogP contribution in [0.2, 0.25) is 0 Å². The molecule has 2 aliphatic heterocycles. The first-order valence-corrected chi connectivity index (χ1v) is 11.3. The van der Waals surface area contributed by atoms with Gasteiger partial charge in [0.25, 0.3) is 5.56 Å². The lowest BCUT2D eigenvalue weighted by atomic mass is 10.2. The highest BCUT2D eigenvalue weighted by Crippen LogP contribution is 2.35. The molecule has 0 bridgehead atoms. The van der Waals surface area contributed by atoms with E-state index >= 15 is 0 Å². The highest BCUT2D eigenvalue weighted by molar-refractivity contribution is 8.00. The minimum Gasteiger partial charge on any atom is -0.497 e. The van der Waals surface area contributed by atoms with Crippen LogP contribution in [-0.4, -0.2) is 51.6 Å². The van der Waals surface area contributed by atoms with Crippen molar-refractivity contribution in [2.75, 3.05) is 26.0 Å². The second kappa shape index (κ2) is 8.21. The first-order chi connectivity index (χ1) is 13.6. The number of benzene rings is 1. The molecule has 3 heterocycles. The number of thioether (sulfide) groups is 2. The van der Waals surface area contributed by atoms with Gasteiger partial charge in [-0.2, -0.15) is 0 Å². The van der Waals surface area contributed by atoms with Crippen molar-refractivity contribution in [1.29, 1.82) is 0 Å². The Labute approximate surface area is 172 Å². The molecule has 1 aromatic heterocycles. The maximum atomic E-state index is 13.2. The summed E-state index contributed by atoms with van der Waals surface area (Å²) in [7, 11) is 1.61. The largest absolute Gasteiger partial charge is 0.497 e. The number of rotatable bonds is 5. The zero-order chi connectivity index (χ0) is 19.7. The molecular weight excluding hydrogens is 394 g/mol. The summed E-state index contributed by atoms with van der Waals surface area (Å²) in [6.07, 6.45) is 2.92. The number of carbonyl (C=O) groups is 1. The third kappa shape index (κ3) is 3.80. The fourth-order valence-corrected chi connectivity index (χ4v) is 5.57. The molecular formula is C20H23N3O3S2. The van der Waals surface area contributed by atoms with Crippen molar-refractivity contribution in [3.63, 3.8) is 0 Å². The van der Waals surface area contributed by atoms with E-state index in [1.807, 2.05) is 29.2 Å². The highest BCUT2D eigenvalue weighted by atomic mass is 32.2. The standard InChI is InChI=1S/C20H23N3O3S2/c1-13-11-16-18(28-13)19(25)23(14-5-7-15(26-2)8-6-14)20(21-16)27-12-17(24)22-9-3-4-10-22/h5-8,13H,3-4,9-12H2,1-2H3/t13-/m0/s1. The molecule has 148 valence electrons. The van der Waals surface area contributed by atoms with Gasteiger partial charge < -0.3 is 9.64 Å². The van der Waals surface area contributed by atoms with E-state index in [-0.39, 0.29) is 11.5 Å². The van der Waals surface area contributed by atoms with Crippen LogP contribution < -0.4 is 10.3 Å². The lowest BCUT2D eigenvalue weighted by molar-refractivity contribution is -0.127. The number of aromatic nitrogens is 2. The number of hydrogen-bond donors (Lipinski definition) is 0. The van der Waals surface area contributed by atoms with Gasteiger partial charge in [0, 0.05) is 24.8 Å². The molecule has 1 fully saturated rings. The zero-order valence-corrected chi connectivity index (χ0v) is 17.6. The van der Waals surface area contributed by atoms with Crippen LogP contribution in [0.3, 0.4) is 0 Å². The second-order valence-electron chi connectivity index (χ2n) is 7.02. The molecule has 1 atom stereocenters. The number of carbonyl (C=O) groups excluding carboxylic acids is 1. The number of nitrogens with zero attached hydrogens (tertiary/aromatic N) is 3. The molecule has 0 radical (unpaired) electrons. The van der Waals surface area contributed by atoms with Crippen molar-refractivity contribution in [2.45, 2.75) is 41.5 Å². The predicted molar refractivity (Wildman–Crippen MR) is 112 cm³/mol. The van der Waals surface area contributed by atoms with E-state index < -0.39 is 0 Å². The zero-order valence-electron chi connectivity index (χ0n) is 16.0. The van der Waals surface area contributed by atoms with Crippen molar-refractivity contribution in [3.05, 3.63) is 40.3 Å². The molecule has 1 amide bonds. The quantitative estimate of drug-likeness (QED) is 0.551. The summed E-state index contributed by atoms with van der Waals surface area (Å²) in [6, 6.07) is 7.36. The van der Waals surface area contributed by atoms with Gasteiger partial charge in [0.15, 0.2) is 5.16 Å². The molecule has 8 heteroatoms. The molecule has 2 aromatic rings. The molecule has 4 rings (SSSR count). The normalized spacial score (nSPS) is 18.4. The van der Waals surface area contributed by atoms with Gasteiger partial charge in [-0.3, -0.25) is 14.2 Å². The molecule has 0 unspecified atom stereocenters. The van der Waals surface area contributed by atoms with E-state index in [1.165, 1.54) is 11.8 Å². The van der Waals surface area contributed by atoms with Crippen LogP contribution in [0.4, 0.5) is 0 Å². The Morgan fingerprint density at radius 3 is 2.68 bits per heavy atom. The average molecular weight is 418 g/mol. The van der Waals surface area contributed by atoms with E-state index in [2.05, 4.69) is 6.92 Å². The van der Waals surface area contributed by atoms with Crippen molar-refractivity contribution in [1.82, 2.24) is 14.5 Å². The van der Waals surface area contributed by atoms with Gasteiger partial charge in [0.05, 0.1) is 29.1 Å². The highest BCUT2D eigenvalue weighted by Gasteiger charge is 2.27. The molecule has 28 heavy (non-hydrogen) atoms. The minimum absolute atomic E-state index is 0.0550. The number of ether oxygens (including phenoxy) is 1. The lowest BCUT2D eigenvalue weighted by Crippen LogP contribution is -2.30. The van der Waals surface area contributed by atoms with Crippen LogP contribution in [0.1, 0.15) is 25.5 Å². The molecule has 1 saturated heterocycles. The summed E-state index contributed by atoms with van der Waals surface area (Å²) < 4.78 is 6.86. The second-order valence-corrected chi connectivity index (χ2v) is 9.41. The summed E-state index contributed by atoms with van der Waals surface area (Å²) in [6.45, 7) is 3.76. The molecule has 0 spiro atoms. The Morgan fingerprint density at radius 1 is 1.29 bits per heavy atom. The molecule has 1 aromatic carbocycles. The molecule has 0 saturated carbocycles. The number of hydrogen-bond acceptors (Lipinski definition) is 6. The number of fused-ring (bicyclic) bond motifs is 1. The van der Waals surface area contributed by atoms with Gasteiger partial charge in [0.1, 0.15) is 5.75 Å². The van der Waals surface area contributed by atoms with Gasteiger partial charge in [0.2, 0.25) is 5.91 Å². The SMILES string of the molecule is COc1ccc(-n2c(SCC(=O)N3CCCC3)nc3c(c2=O)S[C@@H](C)C3)cc1. The van der Waals surface area contributed by atoms with Crippen molar-refractivity contribution in [3.8, 4) is 11.4 Å². The van der Waals surface area contributed by atoms with E-state index in [1.54, 1.807) is 23.4 Å². The fourth-order valence-electron chi connectivity index (χ4n) is 3.54. The number of likely N-dealkylation sites (tertiary alicyclic amines) is 1. The molecule has 0 aliphatic carbocycles. The van der Waals surface area contributed by atoms with Crippen LogP contribution in [0.15, 0.2) is 39.1 Å². The van der Waals surface area contributed by atoms with Gasteiger partial charge in [-0.15, -0.1) is 11.8 Å². The fraction of sp³-hybridized carbons (Fsp3) is 0.450. The van der Waals surface area contributed by atoms with Gasteiger partial charge in [-0.25, -0.2) is 4.98 Å². The topological polar surface area (TPSA) is 64.4 Å². The van der Waals surface area contributed by atoms with Crippen LogP contribution in [-0.2, 0) is 11.2 Å². The maximum Gasteiger partial charge on any atom is 0.272 e. The van der Waals surface area contributed by atoms with Crippen LogP contribution in [0, 0.1) is 0 Å². The van der Waals surface area contributed by atoms with Crippen LogP contribution >= 0.6 is 23.5 Å². The minimum atomic E-state index is -0.0550. The molecule has 2 aliphatic rings. The molecule has 0 N–H and O–H groups in total. The van der Waals surface area contributed by atoms with E-state index in [9.17, 15) is 9.59 Å². The predicted octanol–water partition coefficient (Wildman–Crippen LogP) is 2.99. The Morgan fingerprint density at radius 2 is 2.00 bits per heavy atom. The molecule has 6 nitrogen and oxygen atoms in total. The van der Waals surface area contributed by atoms with Crippen molar-refractivity contribution in [2.24, 2.45) is 0 Å². The Hall–Kier alpha value is -1.93. The van der Waals surface area contributed by atoms with Crippen LogP contribution in [0.25, 0.3) is 5.69 Å². The summed E-state index contributed by atoms with van der Waals surface area (Å²) in [5, 5.41) is 0.919. The monoisotopic (exact) mass is 417 g/mol. The van der Waals surface area contributed by atoms with Gasteiger partial charge in [-0.1, -0.05) is 18.7 Å². The Kier molecular flexibility index (Phi) is 5.68. The average Bonchev–Trinajstić information content (AvgIpc) is 3.36. The number of amides is 1. The Balaban J connectivity index is 1.69. The smallest absolute Gasteiger partial charge is 0.272 e. The first kappa shape index (κ1) is 19.4.